The third-order valence-electron chi connectivity index (χ3n) is 4.88. The van der Waals surface area contributed by atoms with Gasteiger partial charge in [0.1, 0.15) is 5.56 Å². The minimum atomic E-state index is -1.62. The summed E-state index contributed by atoms with van der Waals surface area (Å²) in [4.78, 5) is 59.9. The van der Waals surface area contributed by atoms with Crippen LogP contribution in [0.2, 0.25) is 0 Å². The van der Waals surface area contributed by atoms with Gasteiger partial charge in [-0.3, -0.25) is 24.5 Å². The number of carboxylic acids is 1. The van der Waals surface area contributed by atoms with Crippen LogP contribution in [0.15, 0.2) is 60.7 Å². The Kier molecular flexibility index (Phi) is 4.63. The summed E-state index contributed by atoms with van der Waals surface area (Å²) in [6, 6.07) is 13.8. The molecular formula is C22H12N2O7. The molecule has 0 heterocycles. The Hall–Kier alpha value is -4.66. The van der Waals surface area contributed by atoms with Crippen molar-refractivity contribution in [3.63, 3.8) is 0 Å². The van der Waals surface area contributed by atoms with Crippen molar-refractivity contribution in [3.05, 3.63) is 104 Å². The van der Waals surface area contributed by atoms with E-state index in [1.165, 1.54) is 30.3 Å². The van der Waals surface area contributed by atoms with Gasteiger partial charge in [-0.1, -0.05) is 30.3 Å². The number of nitro groups is 1. The number of nitrogens with zero attached hydrogens (tertiary/aromatic N) is 1. The van der Waals surface area contributed by atoms with Gasteiger partial charge in [0, 0.05) is 34.0 Å². The SMILES string of the molecule is O=C1c2ccccc2C(=O)c2cc(NC(=O)c3cccc([N+](=O)[O-])c3C(=O)O)ccc21. The molecule has 9 heteroatoms. The molecule has 1 aliphatic carbocycles. The fourth-order valence-corrected chi connectivity index (χ4v) is 3.48. The molecule has 0 atom stereocenters. The summed E-state index contributed by atoms with van der Waals surface area (Å²) in [5, 5.41) is 22.9. The van der Waals surface area contributed by atoms with Crippen molar-refractivity contribution in [1.82, 2.24) is 0 Å². The molecule has 4 rings (SSSR count). The molecule has 152 valence electrons. The number of amides is 1. The molecule has 0 spiro atoms. The third-order valence-corrected chi connectivity index (χ3v) is 4.88. The van der Waals surface area contributed by atoms with Gasteiger partial charge in [0.15, 0.2) is 11.6 Å². The highest BCUT2D eigenvalue weighted by Crippen LogP contribution is 2.30. The van der Waals surface area contributed by atoms with Gasteiger partial charge in [-0.05, 0) is 24.3 Å². The molecule has 31 heavy (non-hydrogen) atoms. The summed E-state index contributed by atoms with van der Waals surface area (Å²) >= 11 is 0. The predicted octanol–water partition coefficient (Wildman–Crippen LogP) is 3.32. The molecule has 3 aromatic carbocycles. The van der Waals surface area contributed by atoms with Gasteiger partial charge >= 0.3 is 5.97 Å². The highest BCUT2D eigenvalue weighted by molar-refractivity contribution is 6.28. The summed E-state index contributed by atoms with van der Waals surface area (Å²) in [5.41, 5.74) is -0.928. The molecule has 0 fully saturated rings. The summed E-state index contributed by atoms with van der Waals surface area (Å²) in [6.45, 7) is 0. The maximum atomic E-state index is 12.8. The average molecular weight is 416 g/mol. The van der Waals surface area contributed by atoms with Crippen LogP contribution >= 0.6 is 0 Å². The van der Waals surface area contributed by atoms with Crippen molar-refractivity contribution in [3.8, 4) is 0 Å². The lowest BCUT2D eigenvalue weighted by Crippen LogP contribution is -2.22. The third kappa shape index (κ3) is 3.23. The van der Waals surface area contributed by atoms with Gasteiger partial charge in [0.2, 0.25) is 0 Å². The first-order chi connectivity index (χ1) is 14.8. The van der Waals surface area contributed by atoms with Crippen molar-refractivity contribution in [1.29, 1.82) is 0 Å². The molecule has 2 N–H and O–H groups in total. The standard InChI is InChI=1S/C22H12N2O7/c25-19-12-4-1-2-5-13(12)20(26)16-10-11(8-9-14(16)19)23-21(27)15-6-3-7-17(24(30)31)18(15)22(28)29/h1-10H,(H,23,27)(H,28,29). The maximum Gasteiger partial charge on any atom is 0.343 e. The molecule has 0 saturated heterocycles. The van der Waals surface area contributed by atoms with E-state index in [1.54, 1.807) is 18.2 Å². The molecule has 0 saturated carbocycles. The Morgan fingerprint density at radius 2 is 1.45 bits per heavy atom. The van der Waals surface area contributed by atoms with Crippen molar-refractivity contribution in [2.24, 2.45) is 0 Å². The number of hydrogen-bond donors (Lipinski definition) is 2. The van der Waals surface area contributed by atoms with Crippen LogP contribution in [0.5, 0.6) is 0 Å². The minimum absolute atomic E-state index is 0.0963. The second kappa shape index (κ2) is 7.30. The van der Waals surface area contributed by atoms with Gasteiger partial charge in [-0.15, -0.1) is 0 Å². The first-order valence-corrected chi connectivity index (χ1v) is 8.94. The van der Waals surface area contributed by atoms with Crippen LogP contribution in [-0.2, 0) is 0 Å². The molecule has 0 radical (unpaired) electrons. The van der Waals surface area contributed by atoms with E-state index in [2.05, 4.69) is 5.32 Å². The summed E-state index contributed by atoms with van der Waals surface area (Å²) in [6.07, 6.45) is 0. The zero-order chi connectivity index (χ0) is 22.3. The van der Waals surface area contributed by atoms with Gasteiger partial charge in [0.25, 0.3) is 11.6 Å². The van der Waals surface area contributed by atoms with E-state index in [4.69, 9.17) is 0 Å². The zero-order valence-electron chi connectivity index (χ0n) is 15.6. The Balaban J connectivity index is 1.71. The number of hydrogen-bond acceptors (Lipinski definition) is 6. The number of carbonyl (C=O) groups is 4. The van der Waals surface area contributed by atoms with Crippen LogP contribution in [0.3, 0.4) is 0 Å². The highest BCUT2D eigenvalue weighted by atomic mass is 16.6. The van der Waals surface area contributed by atoms with E-state index >= 15 is 0 Å². The van der Waals surface area contributed by atoms with Crippen molar-refractivity contribution in [2.45, 2.75) is 0 Å². The monoisotopic (exact) mass is 416 g/mol. The summed E-state index contributed by atoms with van der Waals surface area (Å²) in [5.74, 6) is -3.24. The molecule has 0 unspecified atom stereocenters. The number of nitrogens with one attached hydrogen (secondary N) is 1. The van der Waals surface area contributed by atoms with Crippen molar-refractivity contribution in [2.75, 3.05) is 5.32 Å². The molecule has 9 nitrogen and oxygen atoms in total. The molecule has 1 amide bonds. The number of carbonyl (C=O) groups excluding carboxylic acids is 3. The highest BCUT2D eigenvalue weighted by Gasteiger charge is 2.30. The average Bonchev–Trinajstić information content (AvgIpc) is 2.76. The van der Waals surface area contributed by atoms with Gasteiger partial charge in [-0.25, -0.2) is 4.79 Å². The van der Waals surface area contributed by atoms with Gasteiger partial charge in [-0.2, -0.15) is 0 Å². The second-order valence-corrected chi connectivity index (χ2v) is 6.68. The topological polar surface area (TPSA) is 144 Å². The number of carboxylic acid groups (broad SMARTS) is 1. The number of anilines is 1. The lowest BCUT2D eigenvalue weighted by Gasteiger charge is -2.18. The number of rotatable bonds is 4. The largest absolute Gasteiger partial charge is 0.477 e. The lowest BCUT2D eigenvalue weighted by molar-refractivity contribution is -0.385. The van der Waals surface area contributed by atoms with E-state index in [0.717, 1.165) is 12.1 Å². The smallest absolute Gasteiger partial charge is 0.343 e. The number of benzene rings is 3. The number of nitro benzene ring substituents is 1. The van der Waals surface area contributed by atoms with E-state index < -0.39 is 33.6 Å². The summed E-state index contributed by atoms with van der Waals surface area (Å²) < 4.78 is 0. The van der Waals surface area contributed by atoms with Crippen molar-refractivity contribution < 1.29 is 29.2 Å². The van der Waals surface area contributed by atoms with Crippen LogP contribution in [0.1, 0.15) is 52.6 Å². The Bertz CT molecular complexity index is 1330. The zero-order valence-corrected chi connectivity index (χ0v) is 15.6. The Labute approximate surface area is 174 Å². The summed E-state index contributed by atoms with van der Waals surface area (Å²) in [7, 11) is 0. The number of ketones is 2. The Morgan fingerprint density at radius 1 is 0.839 bits per heavy atom. The van der Waals surface area contributed by atoms with Crippen LogP contribution in [0.25, 0.3) is 0 Å². The normalized spacial score (nSPS) is 12.0. The fraction of sp³-hybridized carbons (Fsp3) is 0. The van der Waals surface area contributed by atoms with E-state index in [1.807, 2.05) is 0 Å². The van der Waals surface area contributed by atoms with Crippen LogP contribution in [0.4, 0.5) is 11.4 Å². The lowest BCUT2D eigenvalue weighted by atomic mass is 9.84. The minimum Gasteiger partial charge on any atom is -0.477 e. The first kappa shape index (κ1) is 19.6. The predicted molar refractivity (Wildman–Crippen MR) is 108 cm³/mol. The number of fused-ring (bicyclic) bond motifs is 2. The van der Waals surface area contributed by atoms with Crippen LogP contribution in [0, 0.1) is 10.1 Å². The molecule has 3 aromatic rings. The molecule has 1 aliphatic rings. The van der Waals surface area contributed by atoms with Gasteiger partial charge < -0.3 is 10.4 Å². The number of aromatic carboxylic acids is 1. The van der Waals surface area contributed by atoms with E-state index in [-0.39, 0.29) is 33.9 Å². The molecular weight excluding hydrogens is 404 g/mol. The molecule has 0 aliphatic heterocycles. The maximum absolute atomic E-state index is 12.8. The Morgan fingerprint density at radius 3 is 2.06 bits per heavy atom. The van der Waals surface area contributed by atoms with Crippen LogP contribution < -0.4 is 5.32 Å². The van der Waals surface area contributed by atoms with E-state index in [0.29, 0.717) is 5.56 Å². The van der Waals surface area contributed by atoms with Crippen molar-refractivity contribution >= 4 is 34.8 Å². The van der Waals surface area contributed by atoms with E-state index in [9.17, 15) is 34.4 Å². The molecule has 0 bridgehead atoms. The quantitative estimate of drug-likeness (QED) is 0.383. The van der Waals surface area contributed by atoms with Crippen LogP contribution in [-0.4, -0.2) is 33.5 Å². The van der Waals surface area contributed by atoms with Gasteiger partial charge in [0.05, 0.1) is 10.5 Å². The fourth-order valence-electron chi connectivity index (χ4n) is 3.48. The first-order valence-electron chi connectivity index (χ1n) is 8.94. The second-order valence-electron chi connectivity index (χ2n) is 6.68. The molecule has 0 aromatic heterocycles.